The van der Waals surface area contributed by atoms with Crippen LogP contribution in [0.2, 0.25) is 5.02 Å². The van der Waals surface area contributed by atoms with Gasteiger partial charge in [0.2, 0.25) is 0 Å². The zero-order valence-corrected chi connectivity index (χ0v) is 21.3. The van der Waals surface area contributed by atoms with Crippen LogP contribution >= 0.6 is 11.6 Å². The number of benzene rings is 3. The van der Waals surface area contributed by atoms with Crippen LogP contribution in [0.15, 0.2) is 85.3 Å². The van der Waals surface area contributed by atoms with E-state index >= 15 is 0 Å². The second-order valence-electron chi connectivity index (χ2n) is 9.45. The van der Waals surface area contributed by atoms with Gasteiger partial charge in [-0.25, -0.2) is 4.98 Å². The third-order valence-corrected chi connectivity index (χ3v) is 7.25. The summed E-state index contributed by atoms with van der Waals surface area (Å²) in [6.07, 6.45) is 5.07. The number of pyridine rings is 1. The molecule has 1 unspecified atom stereocenters. The molecule has 0 fully saturated rings. The number of aryl methyl sites for hydroxylation is 4. The zero-order valence-electron chi connectivity index (χ0n) is 20.5. The molecule has 1 N–H and O–H groups in total. The third-order valence-electron chi connectivity index (χ3n) is 7.00. The summed E-state index contributed by atoms with van der Waals surface area (Å²) in [5.41, 5.74) is 5.83. The van der Waals surface area contributed by atoms with Crippen LogP contribution in [0.1, 0.15) is 33.5 Å². The van der Waals surface area contributed by atoms with Gasteiger partial charge in [0.15, 0.2) is 11.2 Å². The molecule has 6 aromatic rings. The molecule has 1 atom stereocenters. The first kappa shape index (κ1) is 23.3. The number of hydrogen-bond donors (Lipinski definition) is 1. The number of aromatic nitrogens is 6. The number of rotatable bonds is 6. The highest BCUT2D eigenvalue weighted by molar-refractivity contribution is 6.30. The minimum Gasteiger partial charge on any atom is -0.374 e. The summed E-state index contributed by atoms with van der Waals surface area (Å²) in [4.78, 5) is 4.29. The predicted octanol–water partition coefficient (Wildman–Crippen LogP) is 5.04. The maximum Gasteiger partial charge on any atom is 0.180 e. The van der Waals surface area contributed by atoms with E-state index in [1.165, 1.54) is 11.1 Å². The normalized spacial score (nSPS) is 13.3. The van der Waals surface area contributed by atoms with Crippen LogP contribution in [0.4, 0.5) is 0 Å². The molecule has 184 valence electrons. The standard InChI is InChI=1S/C29H25ClN6O/c1-19-4-3-5-20(14-19)6-7-21-15-28-32-33-34-36(28)26-13-10-23(16-25(21)26)29(37,27-17-31-18-35(27)2)22-8-11-24(30)12-9-22/h3-5,8-18,37H,6-7H2,1-2H3. The lowest BCUT2D eigenvalue weighted by molar-refractivity contribution is 0.117. The average Bonchev–Trinajstić information content (AvgIpc) is 3.56. The molecule has 0 saturated carbocycles. The summed E-state index contributed by atoms with van der Waals surface area (Å²) >= 11 is 6.18. The lowest BCUT2D eigenvalue weighted by Crippen LogP contribution is -2.31. The predicted molar refractivity (Wildman–Crippen MR) is 144 cm³/mol. The fourth-order valence-corrected chi connectivity index (χ4v) is 5.23. The van der Waals surface area contributed by atoms with Gasteiger partial charge in [-0.1, -0.05) is 59.6 Å². The van der Waals surface area contributed by atoms with Gasteiger partial charge in [-0.05, 0) is 82.8 Å². The van der Waals surface area contributed by atoms with Crippen LogP contribution in [-0.2, 0) is 25.5 Å². The summed E-state index contributed by atoms with van der Waals surface area (Å²) in [5, 5.41) is 26.3. The fourth-order valence-electron chi connectivity index (χ4n) is 5.11. The summed E-state index contributed by atoms with van der Waals surface area (Å²) in [6, 6.07) is 23.8. The van der Waals surface area contributed by atoms with Crippen molar-refractivity contribution in [2.24, 2.45) is 7.05 Å². The van der Waals surface area contributed by atoms with Gasteiger partial charge in [-0.3, -0.25) is 0 Å². The second kappa shape index (κ2) is 9.10. The Morgan fingerprint density at radius 1 is 0.946 bits per heavy atom. The molecule has 6 rings (SSSR count). The first-order chi connectivity index (χ1) is 17.9. The van der Waals surface area contributed by atoms with Crippen molar-refractivity contribution in [3.8, 4) is 0 Å². The Hall–Kier alpha value is -4.07. The molecule has 3 aromatic heterocycles. The first-order valence-electron chi connectivity index (χ1n) is 12.1. The fraction of sp³-hybridized carbons (Fsp3) is 0.172. The van der Waals surface area contributed by atoms with Gasteiger partial charge in [0.05, 0.1) is 23.7 Å². The van der Waals surface area contributed by atoms with Crippen molar-refractivity contribution in [2.75, 3.05) is 0 Å². The Kier molecular flexibility index (Phi) is 5.74. The van der Waals surface area contributed by atoms with E-state index in [0.29, 0.717) is 21.9 Å². The first-order valence-corrected chi connectivity index (χ1v) is 12.5. The van der Waals surface area contributed by atoms with Gasteiger partial charge in [0, 0.05) is 17.5 Å². The van der Waals surface area contributed by atoms with Crippen LogP contribution in [0.5, 0.6) is 0 Å². The van der Waals surface area contributed by atoms with E-state index in [4.69, 9.17) is 11.6 Å². The molecule has 7 nitrogen and oxygen atoms in total. The SMILES string of the molecule is Cc1cccc(CCc2cc3nnnn3c3ccc(C(O)(c4ccc(Cl)cc4)c4cncn4C)cc23)c1. The van der Waals surface area contributed by atoms with Crippen LogP contribution in [0.3, 0.4) is 0 Å². The molecule has 3 aromatic carbocycles. The van der Waals surface area contributed by atoms with Crippen molar-refractivity contribution >= 4 is 28.2 Å². The highest BCUT2D eigenvalue weighted by Crippen LogP contribution is 2.38. The maximum absolute atomic E-state index is 12.4. The van der Waals surface area contributed by atoms with Crippen molar-refractivity contribution in [1.82, 2.24) is 29.6 Å². The van der Waals surface area contributed by atoms with Gasteiger partial charge < -0.3 is 9.67 Å². The maximum atomic E-state index is 12.4. The zero-order chi connectivity index (χ0) is 25.6. The summed E-state index contributed by atoms with van der Waals surface area (Å²) in [5.74, 6) is 0. The summed E-state index contributed by atoms with van der Waals surface area (Å²) < 4.78 is 3.57. The molecular weight excluding hydrogens is 484 g/mol. The van der Waals surface area contributed by atoms with Crippen molar-refractivity contribution in [2.45, 2.75) is 25.4 Å². The molecule has 3 heterocycles. The molecule has 0 aliphatic heterocycles. The van der Waals surface area contributed by atoms with Gasteiger partial charge in [-0.2, -0.15) is 4.52 Å². The molecular formula is C29H25ClN6O. The number of aliphatic hydroxyl groups is 1. The molecule has 8 heteroatoms. The number of tetrazole rings is 1. The van der Waals surface area contributed by atoms with E-state index in [1.54, 1.807) is 29.2 Å². The van der Waals surface area contributed by atoms with E-state index in [9.17, 15) is 5.11 Å². The van der Waals surface area contributed by atoms with Crippen molar-refractivity contribution in [3.63, 3.8) is 0 Å². The average molecular weight is 509 g/mol. The second-order valence-corrected chi connectivity index (χ2v) is 9.88. The number of imidazole rings is 1. The lowest BCUT2D eigenvalue weighted by atomic mass is 9.82. The smallest absolute Gasteiger partial charge is 0.180 e. The van der Waals surface area contributed by atoms with Gasteiger partial charge in [-0.15, -0.1) is 5.10 Å². The quantitative estimate of drug-likeness (QED) is 0.341. The Bertz CT molecular complexity index is 1740. The lowest BCUT2D eigenvalue weighted by Gasteiger charge is -2.30. The minimum atomic E-state index is -1.45. The van der Waals surface area contributed by atoms with Gasteiger partial charge in [0.1, 0.15) is 0 Å². The van der Waals surface area contributed by atoms with E-state index in [2.05, 4.69) is 51.7 Å². The van der Waals surface area contributed by atoms with Gasteiger partial charge >= 0.3 is 0 Å². The highest BCUT2D eigenvalue weighted by Gasteiger charge is 2.37. The number of nitrogens with zero attached hydrogens (tertiary/aromatic N) is 6. The Balaban J connectivity index is 1.54. The minimum absolute atomic E-state index is 0.606. The van der Waals surface area contributed by atoms with E-state index < -0.39 is 5.60 Å². The molecule has 0 radical (unpaired) electrons. The van der Waals surface area contributed by atoms with Crippen molar-refractivity contribution in [3.05, 3.63) is 124 Å². The third kappa shape index (κ3) is 4.06. The highest BCUT2D eigenvalue weighted by atomic mass is 35.5. The number of fused-ring (bicyclic) bond motifs is 3. The van der Waals surface area contributed by atoms with Crippen LogP contribution in [0, 0.1) is 6.92 Å². The monoisotopic (exact) mass is 508 g/mol. The molecule has 0 bridgehead atoms. The number of hydrogen-bond acceptors (Lipinski definition) is 5. The molecule has 0 saturated heterocycles. The molecule has 37 heavy (non-hydrogen) atoms. The molecule has 0 spiro atoms. The molecule has 0 aliphatic rings. The Labute approximate surface area is 219 Å². The van der Waals surface area contributed by atoms with E-state index in [1.807, 2.05) is 48.0 Å². The van der Waals surface area contributed by atoms with Crippen LogP contribution in [-0.4, -0.2) is 34.7 Å². The Morgan fingerprint density at radius 2 is 1.76 bits per heavy atom. The van der Waals surface area contributed by atoms with Crippen LogP contribution < -0.4 is 0 Å². The molecule has 0 aliphatic carbocycles. The summed E-state index contributed by atoms with van der Waals surface area (Å²) in [7, 11) is 1.88. The Morgan fingerprint density at radius 3 is 2.51 bits per heavy atom. The summed E-state index contributed by atoms with van der Waals surface area (Å²) in [6.45, 7) is 2.11. The molecule has 0 amide bonds. The topological polar surface area (TPSA) is 81.1 Å². The van der Waals surface area contributed by atoms with Crippen LogP contribution in [0.25, 0.3) is 16.6 Å². The largest absolute Gasteiger partial charge is 0.374 e. The van der Waals surface area contributed by atoms with Crippen molar-refractivity contribution in [1.29, 1.82) is 0 Å². The number of halogens is 1. The van der Waals surface area contributed by atoms with E-state index in [0.717, 1.165) is 34.9 Å². The van der Waals surface area contributed by atoms with E-state index in [-0.39, 0.29) is 0 Å². The van der Waals surface area contributed by atoms with Gasteiger partial charge in [0.25, 0.3) is 0 Å². The van der Waals surface area contributed by atoms with Crippen molar-refractivity contribution < 1.29 is 5.11 Å².